The van der Waals surface area contributed by atoms with Crippen LogP contribution in [0.25, 0.3) is 0 Å². The molecular weight excluding hydrogens is 128 g/mol. The smallest absolute Gasteiger partial charge is 0.0259 e. The van der Waals surface area contributed by atoms with Gasteiger partial charge in [-0.3, -0.25) is 0 Å². The van der Waals surface area contributed by atoms with Crippen molar-refractivity contribution in [3.05, 3.63) is 11.1 Å². The van der Waals surface area contributed by atoms with Crippen molar-refractivity contribution < 1.29 is 0 Å². The molecule has 0 bridgehead atoms. The molecule has 0 aromatic carbocycles. The van der Waals surface area contributed by atoms with Gasteiger partial charge in [0.1, 0.15) is 0 Å². The molecule has 0 saturated heterocycles. The maximum atomic E-state index is 5.55. The Bertz CT molecular complexity index is 68.5. The molecule has 0 fully saturated rings. The maximum absolute atomic E-state index is 5.55. The summed E-state index contributed by atoms with van der Waals surface area (Å²) in [5, 5.41) is 0.839. The van der Waals surface area contributed by atoms with Crippen LogP contribution >= 0.6 is 24.2 Å². The molecule has 0 nitrogen and oxygen atoms in total. The molecular formula is C5H9ClS. The lowest BCUT2D eigenvalue weighted by molar-refractivity contribution is 1.21. The highest BCUT2D eigenvalue weighted by molar-refractivity contribution is 7.80. The molecule has 0 rings (SSSR count). The Hall–Kier alpha value is 0.380. The zero-order valence-corrected chi connectivity index (χ0v) is 5.97. The van der Waals surface area contributed by atoms with Crippen LogP contribution in [0.2, 0.25) is 0 Å². The predicted molar refractivity (Wildman–Crippen MR) is 38.1 cm³/mol. The second-order valence-electron chi connectivity index (χ2n) is 1.22. The fraction of sp³-hybridized carbons (Fsp3) is 0.600. The molecule has 0 aromatic heterocycles. The molecule has 0 amide bonds. The Labute approximate surface area is 55.0 Å². The standard InChI is InChI=1S/C5H9ClS/c1-2-3-5(6)4-7/h3,7H,2,4H2,1H3. The van der Waals surface area contributed by atoms with E-state index >= 15 is 0 Å². The van der Waals surface area contributed by atoms with Gasteiger partial charge in [-0.05, 0) is 6.42 Å². The van der Waals surface area contributed by atoms with Crippen molar-refractivity contribution in [1.82, 2.24) is 0 Å². The lowest BCUT2D eigenvalue weighted by Gasteiger charge is -1.84. The van der Waals surface area contributed by atoms with Crippen LogP contribution in [0.3, 0.4) is 0 Å². The monoisotopic (exact) mass is 136 g/mol. The third kappa shape index (κ3) is 4.23. The first-order valence-corrected chi connectivity index (χ1v) is 3.27. The van der Waals surface area contributed by atoms with E-state index in [1.807, 2.05) is 13.0 Å². The molecule has 0 aliphatic rings. The molecule has 0 N–H and O–H groups in total. The summed E-state index contributed by atoms with van der Waals surface area (Å²) in [5.74, 6) is 0.662. The molecule has 7 heavy (non-hydrogen) atoms. The van der Waals surface area contributed by atoms with Crippen LogP contribution in [0.4, 0.5) is 0 Å². The van der Waals surface area contributed by atoms with E-state index in [0.717, 1.165) is 11.5 Å². The summed E-state index contributed by atoms with van der Waals surface area (Å²) in [6.07, 6.45) is 2.95. The Morgan fingerprint density at radius 2 is 2.43 bits per heavy atom. The van der Waals surface area contributed by atoms with E-state index in [-0.39, 0.29) is 0 Å². The predicted octanol–water partition coefficient (Wildman–Crippen LogP) is 2.45. The van der Waals surface area contributed by atoms with Gasteiger partial charge in [0.05, 0.1) is 0 Å². The number of hydrogen-bond donors (Lipinski definition) is 1. The van der Waals surface area contributed by atoms with E-state index in [2.05, 4.69) is 12.6 Å². The number of allylic oxidation sites excluding steroid dienone is 1. The first-order chi connectivity index (χ1) is 3.31. The minimum atomic E-state index is 0.662. The second kappa shape index (κ2) is 4.54. The van der Waals surface area contributed by atoms with E-state index in [4.69, 9.17) is 11.6 Å². The van der Waals surface area contributed by atoms with E-state index in [0.29, 0.717) is 5.75 Å². The summed E-state index contributed by atoms with van der Waals surface area (Å²) in [5.41, 5.74) is 0. The molecule has 0 aliphatic carbocycles. The van der Waals surface area contributed by atoms with Crippen molar-refractivity contribution >= 4 is 24.2 Å². The quantitative estimate of drug-likeness (QED) is 0.554. The van der Waals surface area contributed by atoms with E-state index in [1.54, 1.807) is 0 Å². The van der Waals surface area contributed by atoms with Gasteiger partial charge in [0.25, 0.3) is 0 Å². The van der Waals surface area contributed by atoms with Crippen molar-refractivity contribution in [1.29, 1.82) is 0 Å². The van der Waals surface area contributed by atoms with Crippen LogP contribution in [0.15, 0.2) is 11.1 Å². The normalized spacial score (nSPS) is 12.1. The first-order valence-electron chi connectivity index (χ1n) is 2.26. The highest BCUT2D eigenvalue weighted by Gasteiger charge is 1.80. The Morgan fingerprint density at radius 3 is 2.57 bits per heavy atom. The van der Waals surface area contributed by atoms with Crippen molar-refractivity contribution in [2.24, 2.45) is 0 Å². The van der Waals surface area contributed by atoms with Gasteiger partial charge in [-0.2, -0.15) is 12.6 Å². The summed E-state index contributed by atoms with van der Waals surface area (Å²) in [7, 11) is 0. The van der Waals surface area contributed by atoms with Gasteiger partial charge in [-0.15, -0.1) is 0 Å². The van der Waals surface area contributed by atoms with Crippen LogP contribution in [0, 0.1) is 0 Å². The molecule has 42 valence electrons. The Kier molecular flexibility index (Phi) is 4.78. The fourth-order valence-electron chi connectivity index (χ4n) is 0.286. The largest absolute Gasteiger partial charge is 0.174 e. The summed E-state index contributed by atoms with van der Waals surface area (Å²) >= 11 is 9.50. The van der Waals surface area contributed by atoms with Gasteiger partial charge in [0.2, 0.25) is 0 Å². The van der Waals surface area contributed by atoms with Gasteiger partial charge >= 0.3 is 0 Å². The van der Waals surface area contributed by atoms with Gasteiger partial charge in [0, 0.05) is 10.8 Å². The number of hydrogen-bond acceptors (Lipinski definition) is 1. The van der Waals surface area contributed by atoms with Crippen LogP contribution in [0.5, 0.6) is 0 Å². The molecule has 0 atom stereocenters. The molecule has 0 unspecified atom stereocenters. The van der Waals surface area contributed by atoms with Crippen LogP contribution < -0.4 is 0 Å². The van der Waals surface area contributed by atoms with E-state index in [9.17, 15) is 0 Å². The number of thiol groups is 1. The maximum Gasteiger partial charge on any atom is 0.0259 e. The van der Waals surface area contributed by atoms with Gasteiger partial charge in [-0.1, -0.05) is 24.6 Å². The molecule has 0 aromatic rings. The first kappa shape index (κ1) is 7.38. The zero-order chi connectivity index (χ0) is 5.70. The molecule has 0 aliphatic heterocycles. The van der Waals surface area contributed by atoms with Crippen LogP contribution in [-0.4, -0.2) is 5.75 Å². The Balaban J connectivity index is 3.29. The number of halogens is 1. The molecule has 0 saturated carbocycles. The highest BCUT2D eigenvalue weighted by Crippen LogP contribution is 2.02. The minimum Gasteiger partial charge on any atom is -0.174 e. The van der Waals surface area contributed by atoms with Crippen molar-refractivity contribution in [3.8, 4) is 0 Å². The topological polar surface area (TPSA) is 0 Å². The SMILES string of the molecule is CCC=C(Cl)CS. The van der Waals surface area contributed by atoms with Gasteiger partial charge < -0.3 is 0 Å². The van der Waals surface area contributed by atoms with Gasteiger partial charge in [-0.25, -0.2) is 0 Å². The summed E-state index contributed by atoms with van der Waals surface area (Å²) in [4.78, 5) is 0. The van der Waals surface area contributed by atoms with Crippen molar-refractivity contribution in [2.75, 3.05) is 5.75 Å². The zero-order valence-electron chi connectivity index (χ0n) is 4.32. The Morgan fingerprint density at radius 1 is 1.86 bits per heavy atom. The van der Waals surface area contributed by atoms with Crippen molar-refractivity contribution in [2.45, 2.75) is 13.3 Å². The minimum absolute atomic E-state index is 0.662. The molecule has 0 radical (unpaired) electrons. The molecule has 2 heteroatoms. The number of rotatable bonds is 2. The average molecular weight is 137 g/mol. The lowest BCUT2D eigenvalue weighted by Crippen LogP contribution is -1.68. The van der Waals surface area contributed by atoms with Crippen LogP contribution in [-0.2, 0) is 0 Å². The molecule has 0 spiro atoms. The van der Waals surface area contributed by atoms with Gasteiger partial charge in [0.15, 0.2) is 0 Å². The average Bonchev–Trinajstić information content (AvgIpc) is 1.68. The summed E-state index contributed by atoms with van der Waals surface area (Å²) < 4.78 is 0. The third-order valence-electron chi connectivity index (χ3n) is 0.577. The van der Waals surface area contributed by atoms with Crippen LogP contribution in [0.1, 0.15) is 13.3 Å². The fourth-order valence-corrected chi connectivity index (χ4v) is 0.569. The lowest BCUT2D eigenvalue weighted by atomic mass is 10.4. The molecule has 0 heterocycles. The van der Waals surface area contributed by atoms with Crippen molar-refractivity contribution in [3.63, 3.8) is 0 Å². The highest BCUT2D eigenvalue weighted by atomic mass is 35.5. The van der Waals surface area contributed by atoms with E-state index < -0.39 is 0 Å². The third-order valence-corrected chi connectivity index (χ3v) is 1.39. The summed E-state index contributed by atoms with van der Waals surface area (Å²) in [6.45, 7) is 2.05. The second-order valence-corrected chi connectivity index (χ2v) is 2.02. The van der Waals surface area contributed by atoms with E-state index in [1.165, 1.54) is 0 Å². The summed E-state index contributed by atoms with van der Waals surface area (Å²) in [6, 6.07) is 0.